The minimum Gasteiger partial charge on any atom is -0.345 e. The first kappa shape index (κ1) is 21.3. The Morgan fingerprint density at radius 3 is 2.48 bits per heavy atom. The molecule has 3 amide bonds. The van der Waals surface area contributed by atoms with Gasteiger partial charge in [0.2, 0.25) is 5.91 Å². The summed E-state index contributed by atoms with van der Waals surface area (Å²) in [6.07, 6.45) is 4.73. The molecule has 4 rings (SSSR count). The molecule has 0 saturated carbocycles. The van der Waals surface area contributed by atoms with Crippen LogP contribution in [-0.2, 0) is 4.79 Å². The number of carbonyl (C=O) groups excluding carboxylic acids is 2. The van der Waals surface area contributed by atoms with Gasteiger partial charge in [-0.3, -0.25) is 15.1 Å². The summed E-state index contributed by atoms with van der Waals surface area (Å²) >= 11 is 7.53. The molecule has 3 heterocycles. The molecule has 2 aromatic heterocycles. The Kier molecular flexibility index (Phi) is 6.84. The molecule has 2 N–H and O–H groups in total. The fourth-order valence-corrected chi connectivity index (χ4v) is 4.43. The van der Waals surface area contributed by atoms with Gasteiger partial charge in [-0.2, -0.15) is 0 Å². The molecule has 0 bridgehead atoms. The topological polar surface area (TPSA) is 74.3 Å². The van der Waals surface area contributed by atoms with Crippen molar-refractivity contribution in [2.75, 3.05) is 18.4 Å². The maximum Gasteiger partial charge on any atom is 0.322 e. The van der Waals surface area contributed by atoms with E-state index in [9.17, 15) is 9.59 Å². The monoisotopic (exact) mass is 454 g/mol. The van der Waals surface area contributed by atoms with Gasteiger partial charge in [-0.15, -0.1) is 11.3 Å². The van der Waals surface area contributed by atoms with E-state index >= 15 is 0 Å². The number of rotatable bonds is 5. The number of thiophene rings is 1. The third-order valence-corrected chi connectivity index (χ3v) is 6.45. The highest BCUT2D eigenvalue weighted by atomic mass is 35.5. The molecule has 160 valence electrons. The predicted molar refractivity (Wildman–Crippen MR) is 123 cm³/mol. The van der Waals surface area contributed by atoms with Crippen LogP contribution in [0.15, 0.2) is 66.3 Å². The number of piperidine rings is 1. The van der Waals surface area contributed by atoms with Gasteiger partial charge in [0.1, 0.15) is 0 Å². The minimum atomic E-state index is -0.307. The number of amides is 3. The fraction of sp³-hybridized carbons (Fsp3) is 0.261. The number of hydrogen-bond donors (Lipinski definition) is 2. The largest absolute Gasteiger partial charge is 0.345 e. The Balaban J connectivity index is 1.39. The van der Waals surface area contributed by atoms with Crippen LogP contribution in [0, 0.1) is 5.92 Å². The van der Waals surface area contributed by atoms with Crippen molar-refractivity contribution in [1.29, 1.82) is 0 Å². The molecule has 0 aliphatic carbocycles. The molecule has 1 aliphatic heterocycles. The predicted octanol–water partition coefficient (Wildman–Crippen LogP) is 4.95. The Morgan fingerprint density at radius 2 is 1.84 bits per heavy atom. The molecular formula is C23H23ClN4O2S. The molecule has 3 aromatic rings. The highest BCUT2D eigenvalue weighted by molar-refractivity contribution is 7.14. The number of hydrogen-bond acceptors (Lipinski definition) is 4. The van der Waals surface area contributed by atoms with E-state index < -0.39 is 0 Å². The average molecular weight is 455 g/mol. The first-order valence-electron chi connectivity index (χ1n) is 10.2. The van der Waals surface area contributed by atoms with Crippen LogP contribution in [0.25, 0.3) is 0 Å². The first-order valence-corrected chi connectivity index (χ1v) is 11.4. The minimum absolute atomic E-state index is 0.0119. The zero-order chi connectivity index (χ0) is 21.6. The number of likely N-dealkylation sites (tertiary alicyclic amines) is 1. The van der Waals surface area contributed by atoms with Gasteiger partial charge < -0.3 is 10.2 Å². The van der Waals surface area contributed by atoms with Crippen molar-refractivity contribution in [3.05, 3.63) is 82.5 Å². The highest BCUT2D eigenvalue weighted by Gasteiger charge is 2.29. The van der Waals surface area contributed by atoms with Gasteiger partial charge >= 0.3 is 6.03 Å². The van der Waals surface area contributed by atoms with Crippen molar-refractivity contribution >= 4 is 39.9 Å². The number of nitrogens with one attached hydrogen (secondary N) is 2. The Morgan fingerprint density at radius 1 is 1.06 bits per heavy atom. The Bertz CT molecular complexity index is 1000. The molecule has 1 aromatic carbocycles. The zero-order valence-corrected chi connectivity index (χ0v) is 18.4. The van der Waals surface area contributed by atoms with E-state index in [0.717, 1.165) is 16.1 Å². The molecule has 6 nitrogen and oxygen atoms in total. The molecule has 0 radical (unpaired) electrons. The maximum absolute atomic E-state index is 13.1. The number of benzene rings is 1. The van der Waals surface area contributed by atoms with E-state index in [-0.39, 0.29) is 23.9 Å². The molecule has 1 atom stereocenters. The van der Waals surface area contributed by atoms with Gasteiger partial charge in [0.15, 0.2) is 0 Å². The fourth-order valence-electron chi connectivity index (χ4n) is 3.70. The maximum atomic E-state index is 13.1. The number of carbonyl (C=O) groups is 2. The van der Waals surface area contributed by atoms with Gasteiger partial charge in [0.25, 0.3) is 0 Å². The summed E-state index contributed by atoms with van der Waals surface area (Å²) in [4.78, 5) is 31.5. The number of halogens is 1. The van der Waals surface area contributed by atoms with Gasteiger partial charge in [-0.25, -0.2) is 4.79 Å². The Labute approximate surface area is 190 Å². The van der Waals surface area contributed by atoms with Crippen LogP contribution in [0.1, 0.15) is 30.0 Å². The van der Waals surface area contributed by atoms with E-state index in [1.807, 2.05) is 53.9 Å². The summed E-state index contributed by atoms with van der Waals surface area (Å²) in [6.45, 7) is 1.10. The van der Waals surface area contributed by atoms with Crippen LogP contribution in [0.4, 0.5) is 9.80 Å². The second kappa shape index (κ2) is 9.94. The standard InChI is InChI=1S/C23H23ClN4O2S/c24-19-7-5-16(6-8-19)21(18-3-1-11-25-15-18)27-22(29)17-9-12-28(13-10-17)23(30)26-20-4-2-14-31-20/h1-8,11,14-15,17,21H,9-10,12-13H2,(H,26,30)(H,27,29). The van der Waals surface area contributed by atoms with Crippen molar-refractivity contribution in [1.82, 2.24) is 15.2 Å². The smallest absolute Gasteiger partial charge is 0.322 e. The van der Waals surface area contributed by atoms with Crippen molar-refractivity contribution in [2.24, 2.45) is 5.92 Å². The molecule has 8 heteroatoms. The number of nitrogens with zero attached hydrogens (tertiary/aromatic N) is 2. The third-order valence-electron chi connectivity index (χ3n) is 5.41. The van der Waals surface area contributed by atoms with Crippen molar-refractivity contribution in [3.63, 3.8) is 0 Å². The van der Waals surface area contributed by atoms with Crippen molar-refractivity contribution in [3.8, 4) is 0 Å². The summed E-state index contributed by atoms with van der Waals surface area (Å²) in [5, 5.41) is 9.48. The van der Waals surface area contributed by atoms with Crippen LogP contribution in [0.5, 0.6) is 0 Å². The molecule has 1 aliphatic rings. The molecule has 31 heavy (non-hydrogen) atoms. The number of urea groups is 1. The van der Waals surface area contributed by atoms with Crippen molar-refractivity contribution in [2.45, 2.75) is 18.9 Å². The summed E-state index contributed by atoms with van der Waals surface area (Å²) in [5.74, 6) is -0.153. The highest BCUT2D eigenvalue weighted by Crippen LogP contribution is 2.26. The number of anilines is 1. The van der Waals surface area contributed by atoms with Gasteiger partial charge in [-0.05, 0) is 59.7 Å². The summed E-state index contributed by atoms with van der Waals surface area (Å²) in [7, 11) is 0. The third kappa shape index (κ3) is 5.42. The molecule has 1 saturated heterocycles. The lowest BCUT2D eigenvalue weighted by atomic mass is 9.94. The lowest BCUT2D eigenvalue weighted by Crippen LogP contribution is -2.45. The Hall–Kier alpha value is -2.90. The van der Waals surface area contributed by atoms with Gasteiger partial charge in [0, 0.05) is 36.4 Å². The van der Waals surface area contributed by atoms with E-state index in [0.29, 0.717) is 31.0 Å². The summed E-state index contributed by atoms with van der Waals surface area (Å²) < 4.78 is 0. The van der Waals surface area contributed by atoms with Crippen LogP contribution in [0.3, 0.4) is 0 Å². The average Bonchev–Trinajstić information content (AvgIpc) is 3.32. The summed E-state index contributed by atoms with van der Waals surface area (Å²) in [5.41, 5.74) is 1.85. The molecular weight excluding hydrogens is 432 g/mol. The van der Waals surface area contributed by atoms with E-state index in [1.165, 1.54) is 11.3 Å². The van der Waals surface area contributed by atoms with E-state index in [1.54, 1.807) is 17.3 Å². The van der Waals surface area contributed by atoms with Crippen LogP contribution in [-0.4, -0.2) is 34.9 Å². The quantitative estimate of drug-likeness (QED) is 0.573. The van der Waals surface area contributed by atoms with Gasteiger partial charge in [0.05, 0.1) is 11.0 Å². The zero-order valence-electron chi connectivity index (χ0n) is 16.8. The van der Waals surface area contributed by atoms with E-state index in [2.05, 4.69) is 15.6 Å². The second-order valence-corrected chi connectivity index (χ2v) is 8.83. The van der Waals surface area contributed by atoms with Crippen LogP contribution in [0.2, 0.25) is 5.02 Å². The summed E-state index contributed by atoms with van der Waals surface area (Å²) in [6, 6.07) is 14.6. The van der Waals surface area contributed by atoms with Crippen LogP contribution < -0.4 is 10.6 Å². The lowest BCUT2D eigenvalue weighted by Gasteiger charge is -2.32. The van der Waals surface area contributed by atoms with Crippen LogP contribution >= 0.6 is 22.9 Å². The lowest BCUT2D eigenvalue weighted by molar-refractivity contribution is -0.126. The SMILES string of the molecule is O=C(NC(c1ccc(Cl)cc1)c1cccnc1)C1CCN(C(=O)Nc2cccs2)CC1. The normalized spacial score (nSPS) is 15.3. The first-order chi connectivity index (χ1) is 15.1. The van der Waals surface area contributed by atoms with E-state index in [4.69, 9.17) is 11.6 Å². The van der Waals surface area contributed by atoms with Crippen molar-refractivity contribution < 1.29 is 9.59 Å². The second-order valence-electron chi connectivity index (χ2n) is 7.45. The number of pyridine rings is 1. The van der Waals surface area contributed by atoms with Gasteiger partial charge in [-0.1, -0.05) is 29.8 Å². The number of aromatic nitrogens is 1. The molecule has 1 unspecified atom stereocenters. The molecule has 1 fully saturated rings. The molecule has 0 spiro atoms.